The first-order valence-electron chi connectivity index (χ1n) is 8.56. The van der Waals surface area contributed by atoms with Crippen LogP contribution >= 0.6 is 0 Å². The maximum Gasteiger partial charge on any atom is 0.246 e. The molecule has 0 spiro atoms. The Morgan fingerprint density at radius 3 is 2.71 bits per heavy atom. The second kappa shape index (κ2) is 9.39. The van der Waals surface area contributed by atoms with Gasteiger partial charge in [-0.15, -0.1) is 0 Å². The van der Waals surface area contributed by atoms with Crippen LogP contribution in [-0.2, 0) is 9.59 Å². The number of nitrogens with one attached hydrogen (secondary N) is 2. The Hall–Kier alpha value is -1.92. The van der Waals surface area contributed by atoms with Gasteiger partial charge >= 0.3 is 0 Å². The smallest absolute Gasteiger partial charge is 0.246 e. The maximum atomic E-state index is 12.5. The van der Waals surface area contributed by atoms with E-state index in [1.807, 2.05) is 30.3 Å². The highest BCUT2D eigenvalue weighted by Gasteiger charge is 2.26. The van der Waals surface area contributed by atoms with Crippen LogP contribution in [0.3, 0.4) is 0 Å². The lowest BCUT2D eigenvalue weighted by molar-refractivity contribution is -0.130. The summed E-state index contributed by atoms with van der Waals surface area (Å²) in [5.74, 6) is -0.405. The van der Waals surface area contributed by atoms with Crippen LogP contribution in [-0.4, -0.2) is 54.6 Å². The molecule has 1 saturated heterocycles. The predicted octanol–water partition coefficient (Wildman–Crippen LogP) is 0.827. The van der Waals surface area contributed by atoms with E-state index >= 15 is 0 Å². The van der Waals surface area contributed by atoms with Crippen molar-refractivity contribution < 1.29 is 14.7 Å². The molecule has 0 saturated carbocycles. The van der Waals surface area contributed by atoms with Crippen LogP contribution in [0, 0.1) is 0 Å². The van der Waals surface area contributed by atoms with Crippen LogP contribution in [0.4, 0.5) is 0 Å². The van der Waals surface area contributed by atoms with E-state index in [1.54, 1.807) is 7.05 Å². The van der Waals surface area contributed by atoms with Crippen LogP contribution in [0.25, 0.3) is 0 Å². The third-order valence-electron chi connectivity index (χ3n) is 4.50. The molecule has 6 nitrogen and oxygen atoms in total. The van der Waals surface area contributed by atoms with E-state index in [9.17, 15) is 14.7 Å². The molecule has 0 bridgehead atoms. The van der Waals surface area contributed by atoms with Gasteiger partial charge in [-0.25, -0.2) is 0 Å². The van der Waals surface area contributed by atoms with Crippen LogP contribution < -0.4 is 10.6 Å². The summed E-state index contributed by atoms with van der Waals surface area (Å²) in [4.78, 5) is 26.7. The molecule has 1 aromatic carbocycles. The second-order valence-electron chi connectivity index (χ2n) is 6.16. The summed E-state index contributed by atoms with van der Waals surface area (Å²) in [6.07, 6.45) is 3.89. The Morgan fingerprint density at radius 2 is 2.04 bits per heavy atom. The average molecular weight is 333 g/mol. The van der Waals surface area contributed by atoms with Gasteiger partial charge in [0, 0.05) is 19.7 Å². The van der Waals surface area contributed by atoms with Crippen LogP contribution in [0.15, 0.2) is 30.3 Å². The molecule has 24 heavy (non-hydrogen) atoms. The fraction of sp³-hybridized carbons (Fsp3) is 0.556. The Bertz CT molecular complexity index is 534. The second-order valence-corrected chi connectivity index (χ2v) is 6.16. The molecule has 1 aliphatic heterocycles. The normalized spacial score (nSPS) is 19.5. The van der Waals surface area contributed by atoms with Crippen LogP contribution in [0.2, 0.25) is 0 Å². The summed E-state index contributed by atoms with van der Waals surface area (Å²) in [6.45, 7) is 1.24. The molecular weight excluding hydrogens is 306 g/mol. The minimum Gasteiger partial charge on any atom is -0.396 e. The van der Waals surface area contributed by atoms with Gasteiger partial charge in [-0.05, 0) is 31.4 Å². The van der Waals surface area contributed by atoms with Crippen molar-refractivity contribution in [3.63, 3.8) is 0 Å². The molecule has 6 heteroatoms. The monoisotopic (exact) mass is 333 g/mol. The van der Waals surface area contributed by atoms with Crippen molar-refractivity contribution in [2.45, 2.75) is 37.8 Å². The number of benzene rings is 1. The minimum absolute atomic E-state index is 0.133. The molecule has 2 rings (SSSR count). The van der Waals surface area contributed by atoms with Gasteiger partial charge in [0.2, 0.25) is 11.8 Å². The molecule has 132 valence electrons. The highest BCUT2D eigenvalue weighted by molar-refractivity contribution is 5.89. The summed E-state index contributed by atoms with van der Waals surface area (Å²) in [7, 11) is 1.56. The molecule has 1 aliphatic rings. The molecule has 1 fully saturated rings. The zero-order chi connectivity index (χ0) is 17.4. The van der Waals surface area contributed by atoms with Gasteiger partial charge in [0.1, 0.15) is 6.04 Å². The molecule has 1 heterocycles. The fourth-order valence-electron chi connectivity index (χ4n) is 3.23. The lowest BCUT2D eigenvalue weighted by atomic mass is 9.99. The van der Waals surface area contributed by atoms with Crippen molar-refractivity contribution in [2.75, 3.05) is 26.7 Å². The summed E-state index contributed by atoms with van der Waals surface area (Å²) in [6, 6.07) is 8.78. The van der Waals surface area contributed by atoms with Gasteiger partial charge in [-0.3, -0.25) is 14.5 Å². The first-order valence-corrected chi connectivity index (χ1v) is 8.56. The zero-order valence-corrected chi connectivity index (χ0v) is 14.2. The number of hydrogen-bond acceptors (Lipinski definition) is 4. The molecule has 3 N–H and O–H groups in total. The first kappa shape index (κ1) is 18.4. The van der Waals surface area contributed by atoms with E-state index in [0.29, 0.717) is 6.42 Å². The highest BCUT2D eigenvalue weighted by Crippen LogP contribution is 2.19. The van der Waals surface area contributed by atoms with Gasteiger partial charge in [0.15, 0.2) is 0 Å². The molecule has 0 radical (unpaired) electrons. The van der Waals surface area contributed by atoms with Gasteiger partial charge < -0.3 is 15.7 Å². The number of piperidine rings is 1. The molecule has 2 atom stereocenters. The topological polar surface area (TPSA) is 81.7 Å². The Balaban J connectivity index is 2.00. The summed E-state index contributed by atoms with van der Waals surface area (Å²) >= 11 is 0. The molecule has 0 aliphatic carbocycles. The van der Waals surface area contributed by atoms with Crippen molar-refractivity contribution in [3.8, 4) is 0 Å². The zero-order valence-electron chi connectivity index (χ0n) is 14.2. The van der Waals surface area contributed by atoms with Crippen LogP contribution in [0.1, 0.15) is 37.3 Å². The van der Waals surface area contributed by atoms with E-state index < -0.39 is 6.04 Å². The highest BCUT2D eigenvalue weighted by atomic mass is 16.3. The average Bonchev–Trinajstić information content (AvgIpc) is 2.61. The number of carbonyl (C=O) groups is 2. The van der Waals surface area contributed by atoms with Gasteiger partial charge in [0.25, 0.3) is 0 Å². The van der Waals surface area contributed by atoms with Crippen molar-refractivity contribution >= 4 is 11.8 Å². The quantitative estimate of drug-likeness (QED) is 0.690. The lowest BCUT2D eigenvalue weighted by Gasteiger charge is -2.35. The predicted molar refractivity (Wildman–Crippen MR) is 92.3 cm³/mol. The lowest BCUT2D eigenvalue weighted by Crippen LogP contribution is -2.48. The fourth-order valence-corrected chi connectivity index (χ4v) is 3.23. The summed E-state index contributed by atoms with van der Waals surface area (Å²) < 4.78 is 0. The number of aliphatic hydroxyl groups excluding tert-OH is 1. The number of aliphatic hydroxyl groups is 1. The van der Waals surface area contributed by atoms with E-state index in [2.05, 4.69) is 15.5 Å². The van der Waals surface area contributed by atoms with Gasteiger partial charge in [0.05, 0.1) is 6.54 Å². The van der Waals surface area contributed by atoms with Crippen molar-refractivity contribution in [3.05, 3.63) is 35.9 Å². The minimum atomic E-state index is -0.690. The standard InChI is InChI=1S/C18H27N3O3/c1-19-18(24)17(14-7-3-2-4-8-14)20-16(23)13-21-11-6-5-9-15(21)10-12-22/h2-4,7-8,15,17,22H,5-6,9-13H2,1H3,(H,19,24)(H,20,23)/t15-,17-/m0/s1. The number of likely N-dealkylation sites (tertiary alicyclic amines) is 1. The van der Waals surface area contributed by atoms with Crippen LogP contribution in [0.5, 0.6) is 0 Å². The number of rotatable bonds is 7. The Kier molecular flexibility index (Phi) is 7.21. The Morgan fingerprint density at radius 1 is 1.29 bits per heavy atom. The summed E-state index contributed by atoms with van der Waals surface area (Å²) in [5.41, 5.74) is 0.760. The van der Waals surface area contributed by atoms with Gasteiger partial charge in [-0.2, -0.15) is 0 Å². The molecule has 0 aromatic heterocycles. The third kappa shape index (κ3) is 5.04. The number of hydrogen-bond donors (Lipinski definition) is 3. The number of likely N-dealkylation sites (N-methyl/N-ethyl adjacent to an activating group) is 1. The van der Waals surface area contributed by atoms with Crippen molar-refractivity contribution in [1.82, 2.24) is 15.5 Å². The van der Waals surface area contributed by atoms with E-state index in [-0.39, 0.29) is 31.0 Å². The van der Waals surface area contributed by atoms with E-state index in [0.717, 1.165) is 31.4 Å². The SMILES string of the molecule is CNC(=O)[C@@H](NC(=O)CN1CCCC[C@H]1CCO)c1ccccc1. The molecular formula is C18H27N3O3. The summed E-state index contributed by atoms with van der Waals surface area (Å²) in [5, 5.41) is 14.6. The number of amides is 2. The Labute approximate surface area is 143 Å². The van der Waals surface area contributed by atoms with E-state index in [4.69, 9.17) is 0 Å². The largest absolute Gasteiger partial charge is 0.396 e. The maximum absolute atomic E-state index is 12.5. The van der Waals surface area contributed by atoms with Crippen molar-refractivity contribution in [1.29, 1.82) is 0 Å². The first-order chi connectivity index (χ1) is 11.7. The molecule has 1 aromatic rings. The number of carbonyl (C=O) groups excluding carboxylic acids is 2. The van der Waals surface area contributed by atoms with E-state index in [1.165, 1.54) is 0 Å². The molecule has 0 unspecified atom stereocenters. The third-order valence-corrected chi connectivity index (χ3v) is 4.50. The van der Waals surface area contributed by atoms with Gasteiger partial charge in [-0.1, -0.05) is 36.8 Å². The number of nitrogens with zero attached hydrogens (tertiary/aromatic N) is 1. The molecule has 2 amide bonds. The van der Waals surface area contributed by atoms with Crippen molar-refractivity contribution in [2.24, 2.45) is 0 Å².